The zero-order chi connectivity index (χ0) is 12.0. The van der Waals surface area contributed by atoms with E-state index in [9.17, 15) is 0 Å². The van der Waals surface area contributed by atoms with Gasteiger partial charge in [0.1, 0.15) is 5.75 Å². The standard InChI is InChI=1S/C11H12N2O.C2H6/c1-14-10-3-2-9-4-6-13(7-5-12)11(9)8-10;1-2/h2-6,8,12H,7H2,1H3;1-2H3. The van der Waals surface area contributed by atoms with Gasteiger partial charge in [-0.3, -0.25) is 0 Å². The van der Waals surface area contributed by atoms with Crippen LogP contribution in [-0.4, -0.2) is 17.9 Å². The van der Waals surface area contributed by atoms with E-state index >= 15 is 0 Å². The Labute approximate surface area is 96.2 Å². The van der Waals surface area contributed by atoms with E-state index in [1.54, 1.807) is 7.11 Å². The summed E-state index contributed by atoms with van der Waals surface area (Å²) in [4.78, 5) is 0. The number of nitrogens with zero attached hydrogens (tertiary/aromatic N) is 1. The van der Waals surface area contributed by atoms with Crippen molar-refractivity contribution in [3.05, 3.63) is 30.5 Å². The SMILES string of the molecule is CC.COc1ccc2ccn(CC=N)c2c1. The molecule has 16 heavy (non-hydrogen) atoms. The molecule has 0 aliphatic rings. The van der Waals surface area contributed by atoms with Crippen LogP contribution < -0.4 is 4.74 Å². The maximum atomic E-state index is 7.08. The Hall–Kier alpha value is -1.77. The second kappa shape index (κ2) is 5.95. The van der Waals surface area contributed by atoms with Crippen molar-refractivity contribution in [1.29, 1.82) is 5.41 Å². The molecule has 0 spiro atoms. The van der Waals surface area contributed by atoms with Gasteiger partial charge in [0.15, 0.2) is 0 Å². The highest BCUT2D eigenvalue weighted by atomic mass is 16.5. The molecule has 1 aromatic carbocycles. The number of hydrogen-bond acceptors (Lipinski definition) is 2. The van der Waals surface area contributed by atoms with E-state index in [4.69, 9.17) is 10.1 Å². The van der Waals surface area contributed by atoms with Crippen LogP contribution in [0.3, 0.4) is 0 Å². The third-order valence-electron chi connectivity index (χ3n) is 2.27. The molecule has 86 valence electrons. The first-order valence-electron chi connectivity index (χ1n) is 5.47. The minimum absolute atomic E-state index is 0.608. The van der Waals surface area contributed by atoms with E-state index in [2.05, 4.69) is 0 Å². The fourth-order valence-corrected chi connectivity index (χ4v) is 1.55. The first-order chi connectivity index (χ1) is 7.85. The number of hydrogen-bond donors (Lipinski definition) is 1. The molecule has 0 saturated heterocycles. The van der Waals surface area contributed by atoms with Gasteiger partial charge in [-0.05, 0) is 23.6 Å². The summed E-state index contributed by atoms with van der Waals surface area (Å²) in [5.74, 6) is 0.849. The second-order valence-corrected chi connectivity index (χ2v) is 3.10. The van der Waals surface area contributed by atoms with Gasteiger partial charge in [-0.2, -0.15) is 0 Å². The van der Waals surface area contributed by atoms with Crippen molar-refractivity contribution < 1.29 is 4.74 Å². The Kier molecular flexibility index (Phi) is 4.58. The van der Waals surface area contributed by atoms with Gasteiger partial charge < -0.3 is 14.7 Å². The number of ether oxygens (including phenoxy) is 1. The van der Waals surface area contributed by atoms with Gasteiger partial charge in [-0.1, -0.05) is 13.8 Å². The Balaban J connectivity index is 0.000000606. The molecule has 0 bridgehead atoms. The molecule has 0 saturated carbocycles. The summed E-state index contributed by atoms with van der Waals surface area (Å²) in [5.41, 5.74) is 1.10. The summed E-state index contributed by atoms with van der Waals surface area (Å²) in [6.45, 7) is 4.61. The minimum Gasteiger partial charge on any atom is -0.497 e. The highest BCUT2D eigenvalue weighted by Gasteiger charge is 2.00. The van der Waals surface area contributed by atoms with Crippen LogP contribution in [0.2, 0.25) is 0 Å². The quantitative estimate of drug-likeness (QED) is 0.788. The zero-order valence-corrected chi connectivity index (χ0v) is 10.0. The molecule has 0 amide bonds. The van der Waals surface area contributed by atoms with Crippen molar-refractivity contribution in [2.75, 3.05) is 7.11 Å². The third-order valence-corrected chi connectivity index (χ3v) is 2.27. The van der Waals surface area contributed by atoms with Crippen molar-refractivity contribution in [3.63, 3.8) is 0 Å². The van der Waals surface area contributed by atoms with E-state index in [1.807, 2.05) is 48.9 Å². The Bertz CT molecular complexity index is 460. The molecule has 0 aliphatic carbocycles. The molecule has 0 radical (unpaired) electrons. The molecular formula is C13H18N2O. The van der Waals surface area contributed by atoms with Gasteiger partial charge in [0.25, 0.3) is 0 Å². The van der Waals surface area contributed by atoms with Gasteiger partial charge in [0.05, 0.1) is 19.2 Å². The molecule has 3 nitrogen and oxygen atoms in total. The van der Waals surface area contributed by atoms with Crippen molar-refractivity contribution in [2.45, 2.75) is 20.4 Å². The lowest BCUT2D eigenvalue weighted by molar-refractivity contribution is 0.415. The number of aromatic nitrogens is 1. The van der Waals surface area contributed by atoms with Crippen LogP contribution in [0.5, 0.6) is 5.75 Å². The van der Waals surface area contributed by atoms with E-state index in [0.29, 0.717) is 6.54 Å². The van der Waals surface area contributed by atoms with E-state index in [1.165, 1.54) is 11.6 Å². The van der Waals surface area contributed by atoms with Crippen LogP contribution in [0.4, 0.5) is 0 Å². The average molecular weight is 218 g/mol. The lowest BCUT2D eigenvalue weighted by atomic mass is 10.2. The summed E-state index contributed by atoms with van der Waals surface area (Å²) in [7, 11) is 1.66. The summed E-state index contributed by atoms with van der Waals surface area (Å²) < 4.78 is 7.17. The van der Waals surface area contributed by atoms with Crippen LogP contribution in [0.25, 0.3) is 10.9 Å². The lowest BCUT2D eigenvalue weighted by Crippen LogP contribution is -1.95. The Morgan fingerprint density at radius 1 is 1.31 bits per heavy atom. The zero-order valence-electron chi connectivity index (χ0n) is 10.0. The molecular weight excluding hydrogens is 200 g/mol. The molecule has 1 N–H and O–H groups in total. The van der Waals surface area contributed by atoms with Crippen LogP contribution >= 0.6 is 0 Å². The van der Waals surface area contributed by atoms with Crippen molar-refractivity contribution >= 4 is 17.1 Å². The summed E-state index contributed by atoms with van der Waals surface area (Å²) in [6.07, 6.45) is 3.37. The first-order valence-corrected chi connectivity index (χ1v) is 5.47. The van der Waals surface area contributed by atoms with Crippen molar-refractivity contribution in [2.24, 2.45) is 0 Å². The Morgan fingerprint density at radius 3 is 2.69 bits per heavy atom. The smallest absolute Gasteiger partial charge is 0.120 e. The van der Waals surface area contributed by atoms with Crippen LogP contribution in [0, 0.1) is 5.41 Å². The highest BCUT2D eigenvalue weighted by molar-refractivity contribution is 5.82. The lowest BCUT2D eigenvalue weighted by Gasteiger charge is -2.03. The first kappa shape index (κ1) is 12.3. The fourth-order valence-electron chi connectivity index (χ4n) is 1.55. The molecule has 1 heterocycles. The molecule has 2 aromatic rings. The fraction of sp³-hybridized carbons (Fsp3) is 0.308. The monoisotopic (exact) mass is 218 g/mol. The van der Waals surface area contributed by atoms with Crippen LogP contribution in [0.15, 0.2) is 30.5 Å². The predicted octanol–water partition coefficient (Wildman–Crippen LogP) is 3.33. The van der Waals surface area contributed by atoms with E-state index in [-0.39, 0.29) is 0 Å². The van der Waals surface area contributed by atoms with Gasteiger partial charge in [0, 0.05) is 18.5 Å². The van der Waals surface area contributed by atoms with Crippen LogP contribution in [0.1, 0.15) is 13.8 Å². The minimum atomic E-state index is 0.608. The highest BCUT2D eigenvalue weighted by Crippen LogP contribution is 2.21. The van der Waals surface area contributed by atoms with E-state index in [0.717, 1.165) is 11.3 Å². The summed E-state index contributed by atoms with van der Waals surface area (Å²) >= 11 is 0. The maximum absolute atomic E-state index is 7.08. The van der Waals surface area contributed by atoms with Crippen LogP contribution in [-0.2, 0) is 6.54 Å². The number of nitrogens with one attached hydrogen (secondary N) is 1. The average Bonchev–Trinajstić information content (AvgIpc) is 2.75. The second-order valence-electron chi connectivity index (χ2n) is 3.10. The molecule has 0 aliphatic heterocycles. The molecule has 3 heteroatoms. The molecule has 0 unspecified atom stereocenters. The summed E-state index contributed by atoms with van der Waals surface area (Å²) in [6, 6.07) is 7.99. The summed E-state index contributed by atoms with van der Waals surface area (Å²) in [5, 5.41) is 8.25. The molecule has 0 atom stereocenters. The molecule has 0 fully saturated rings. The maximum Gasteiger partial charge on any atom is 0.120 e. The van der Waals surface area contributed by atoms with Gasteiger partial charge in [0.2, 0.25) is 0 Å². The molecule has 1 aromatic heterocycles. The topological polar surface area (TPSA) is 38.0 Å². The van der Waals surface area contributed by atoms with E-state index < -0.39 is 0 Å². The third kappa shape index (κ3) is 2.42. The largest absolute Gasteiger partial charge is 0.497 e. The molecule has 2 rings (SSSR count). The van der Waals surface area contributed by atoms with Crippen molar-refractivity contribution in [1.82, 2.24) is 4.57 Å². The van der Waals surface area contributed by atoms with Gasteiger partial charge in [-0.15, -0.1) is 0 Å². The predicted molar refractivity (Wildman–Crippen MR) is 68.6 cm³/mol. The number of rotatable bonds is 3. The van der Waals surface area contributed by atoms with Crippen molar-refractivity contribution in [3.8, 4) is 5.75 Å². The van der Waals surface area contributed by atoms with Gasteiger partial charge in [-0.25, -0.2) is 0 Å². The number of methoxy groups -OCH3 is 1. The van der Waals surface area contributed by atoms with Gasteiger partial charge >= 0.3 is 0 Å². The number of fused-ring (bicyclic) bond motifs is 1. The Morgan fingerprint density at radius 2 is 2.06 bits per heavy atom. The normalized spacial score (nSPS) is 9.44. The number of benzene rings is 1.